The number of carbonyl (C=O) groups is 2. The third kappa shape index (κ3) is 3.32. The average molecular weight is 330 g/mol. The van der Waals surface area contributed by atoms with Crippen molar-refractivity contribution < 1.29 is 19.1 Å². The first kappa shape index (κ1) is 14.0. The molecule has 6 heteroatoms. The summed E-state index contributed by atoms with van der Waals surface area (Å²) >= 11 is 3.12. The summed E-state index contributed by atoms with van der Waals surface area (Å²) in [5, 5.41) is 11.6. The number of benzene rings is 1. The largest absolute Gasteiger partial charge is 0.481 e. The van der Waals surface area contributed by atoms with Crippen molar-refractivity contribution in [3.63, 3.8) is 0 Å². The van der Waals surface area contributed by atoms with Gasteiger partial charge in [0.2, 0.25) is 0 Å². The van der Waals surface area contributed by atoms with Crippen LogP contribution in [0.4, 0.5) is 4.39 Å². The molecule has 0 spiro atoms. The van der Waals surface area contributed by atoms with Crippen molar-refractivity contribution in [2.45, 2.75) is 25.3 Å². The zero-order valence-corrected chi connectivity index (χ0v) is 11.6. The number of rotatable bonds is 3. The molecule has 1 fully saturated rings. The van der Waals surface area contributed by atoms with Crippen LogP contribution in [0.2, 0.25) is 0 Å². The van der Waals surface area contributed by atoms with Crippen LogP contribution in [0.25, 0.3) is 0 Å². The zero-order chi connectivity index (χ0) is 14.0. The molecule has 1 saturated carbocycles. The number of carboxylic acid groups (broad SMARTS) is 1. The Balaban J connectivity index is 2.00. The summed E-state index contributed by atoms with van der Waals surface area (Å²) in [6.07, 6.45) is 1.56. The van der Waals surface area contributed by atoms with E-state index >= 15 is 0 Å². The summed E-state index contributed by atoms with van der Waals surface area (Å²) in [5.74, 6) is -2.35. The fourth-order valence-corrected chi connectivity index (χ4v) is 2.61. The van der Waals surface area contributed by atoms with Crippen LogP contribution >= 0.6 is 15.9 Å². The Kier molecular flexibility index (Phi) is 4.19. The van der Waals surface area contributed by atoms with E-state index in [9.17, 15) is 14.0 Å². The summed E-state index contributed by atoms with van der Waals surface area (Å²) in [7, 11) is 0. The number of hydrogen-bond acceptors (Lipinski definition) is 2. The Morgan fingerprint density at radius 2 is 2.11 bits per heavy atom. The molecule has 0 unspecified atom stereocenters. The standard InChI is InChI=1S/C13H13BrFNO3/c14-8-2-4-10(11(15)6-8)12(17)16-9-3-1-7(5-9)13(18)19/h2,4,6-7,9H,1,3,5H2,(H,16,17)(H,18,19)/t7-,9+/m1/s1. The van der Waals surface area contributed by atoms with Gasteiger partial charge in [-0.05, 0) is 37.5 Å². The van der Waals surface area contributed by atoms with Gasteiger partial charge in [0.15, 0.2) is 0 Å². The Hall–Kier alpha value is -1.43. The predicted octanol–water partition coefficient (Wildman–Crippen LogP) is 2.57. The zero-order valence-electron chi connectivity index (χ0n) is 10.0. The number of hydrogen-bond donors (Lipinski definition) is 2. The monoisotopic (exact) mass is 329 g/mol. The third-order valence-corrected chi connectivity index (χ3v) is 3.79. The van der Waals surface area contributed by atoms with Crippen LogP contribution in [0, 0.1) is 11.7 Å². The molecule has 1 aromatic carbocycles. The highest BCUT2D eigenvalue weighted by atomic mass is 79.9. The van der Waals surface area contributed by atoms with Crippen LogP contribution in [0.1, 0.15) is 29.6 Å². The number of amides is 1. The number of carboxylic acids is 1. The molecule has 1 aliphatic rings. The Morgan fingerprint density at radius 1 is 1.37 bits per heavy atom. The lowest BCUT2D eigenvalue weighted by molar-refractivity contribution is -0.141. The average Bonchev–Trinajstić information content (AvgIpc) is 2.77. The van der Waals surface area contributed by atoms with E-state index in [-0.39, 0.29) is 11.6 Å². The van der Waals surface area contributed by atoms with Gasteiger partial charge in [-0.1, -0.05) is 15.9 Å². The second-order valence-corrected chi connectivity index (χ2v) is 5.56. The van der Waals surface area contributed by atoms with Crippen LogP contribution in [0.5, 0.6) is 0 Å². The van der Waals surface area contributed by atoms with E-state index in [4.69, 9.17) is 5.11 Å². The molecular formula is C13H13BrFNO3. The van der Waals surface area contributed by atoms with E-state index < -0.39 is 23.6 Å². The van der Waals surface area contributed by atoms with Gasteiger partial charge in [-0.15, -0.1) is 0 Å². The number of halogens is 2. The molecule has 0 bridgehead atoms. The molecule has 2 atom stereocenters. The molecule has 102 valence electrons. The lowest BCUT2D eigenvalue weighted by Crippen LogP contribution is -2.33. The smallest absolute Gasteiger partial charge is 0.306 e. The SMILES string of the molecule is O=C(N[C@H]1CC[C@@H](C(=O)O)C1)c1ccc(Br)cc1F. The van der Waals surface area contributed by atoms with Gasteiger partial charge in [-0.3, -0.25) is 9.59 Å². The van der Waals surface area contributed by atoms with Gasteiger partial charge < -0.3 is 10.4 Å². The predicted molar refractivity (Wildman–Crippen MR) is 70.3 cm³/mol. The molecule has 0 saturated heterocycles. The molecular weight excluding hydrogens is 317 g/mol. The minimum Gasteiger partial charge on any atom is -0.481 e. The Labute approximate surface area is 118 Å². The van der Waals surface area contributed by atoms with Gasteiger partial charge >= 0.3 is 5.97 Å². The highest BCUT2D eigenvalue weighted by Crippen LogP contribution is 2.26. The molecule has 2 N–H and O–H groups in total. The van der Waals surface area contributed by atoms with Crippen molar-refractivity contribution in [1.82, 2.24) is 5.32 Å². The topological polar surface area (TPSA) is 66.4 Å². The van der Waals surface area contributed by atoms with Gasteiger partial charge in [0.25, 0.3) is 5.91 Å². The normalized spacial score (nSPS) is 22.2. The maximum atomic E-state index is 13.6. The van der Waals surface area contributed by atoms with E-state index in [0.29, 0.717) is 23.7 Å². The fraction of sp³-hybridized carbons (Fsp3) is 0.385. The van der Waals surface area contributed by atoms with Crippen molar-refractivity contribution >= 4 is 27.8 Å². The van der Waals surface area contributed by atoms with E-state index in [1.165, 1.54) is 12.1 Å². The van der Waals surface area contributed by atoms with Crippen molar-refractivity contribution in [1.29, 1.82) is 0 Å². The fourth-order valence-electron chi connectivity index (χ4n) is 2.27. The summed E-state index contributed by atoms with van der Waals surface area (Å²) in [4.78, 5) is 22.7. The molecule has 0 heterocycles. The van der Waals surface area contributed by atoms with Crippen molar-refractivity contribution in [3.05, 3.63) is 34.1 Å². The first-order valence-corrected chi connectivity index (χ1v) is 6.75. The van der Waals surface area contributed by atoms with Gasteiger partial charge in [0.1, 0.15) is 5.82 Å². The number of carbonyl (C=O) groups excluding carboxylic acids is 1. The minimum absolute atomic E-state index is 0.0259. The number of aliphatic carboxylic acids is 1. The molecule has 1 amide bonds. The molecule has 0 aromatic heterocycles. The summed E-state index contributed by atoms with van der Waals surface area (Å²) < 4.78 is 14.2. The van der Waals surface area contributed by atoms with Crippen LogP contribution in [-0.2, 0) is 4.79 Å². The van der Waals surface area contributed by atoms with Crippen LogP contribution in [-0.4, -0.2) is 23.0 Å². The lowest BCUT2D eigenvalue weighted by atomic mass is 10.1. The van der Waals surface area contributed by atoms with Gasteiger partial charge in [-0.25, -0.2) is 4.39 Å². The summed E-state index contributed by atoms with van der Waals surface area (Å²) in [6.45, 7) is 0. The number of nitrogens with one attached hydrogen (secondary N) is 1. The van der Waals surface area contributed by atoms with Gasteiger partial charge in [-0.2, -0.15) is 0 Å². The first-order valence-electron chi connectivity index (χ1n) is 5.96. The minimum atomic E-state index is -0.841. The molecule has 1 aliphatic carbocycles. The van der Waals surface area contributed by atoms with Gasteiger partial charge in [0.05, 0.1) is 11.5 Å². The van der Waals surface area contributed by atoms with E-state index in [1.54, 1.807) is 6.07 Å². The molecule has 0 radical (unpaired) electrons. The van der Waals surface area contributed by atoms with Crippen molar-refractivity contribution in [2.24, 2.45) is 5.92 Å². The van der Waals surface area contributed by atoms with Crippen LogP contribution in [0.3, 0.4) is 0 Å². The van der Waals surface area contributed by atoms with E-state index in [1.807, 2.05) is 0 Å². The molecule has 4 nitrogen and oxygen atoms in total. The summed E-state index contributed by atoms with van der Waals surface area (Å²) in [5.41, 5.74) is -0.0259. The van der Waals surface area contributed by atoms with Crippen molar-refractivity contribution in [3.8, 4) is 0 Å². The quantitative estimate of drug-likeness (QED) is 0.895. The Bertz CT molecular complexity index is 521. The van der Waals surface area contributed by atoms with Crippen molar-refractivity contribution in [2.75, 3.05) is 0 Å². The molecule has 1 aromatic rings. The molecule has 0 aliphatic heterocycles. The highest BCUT2D eigenvalue weighted by Gasteiger charge is 2.31. The summed E-state index contributed by atoms with van der Waals surface area (Å²) in [6, 6.07) is 4.02. The third-order valence-electron chi connectivity index (χ3n) is 3.29. The van der Waals surface area contributed by atoms with Crippen LogP contribution < -0.4 is 5.32 Å². The second-order valence-electron chi connectivity index (χ2n) is 4.64. The maximum absolute atomic E-state index is 13.6. The molecule has 2 rings (SSSR count). The lowest BCUT2D eigenvalue weighted by Gasteiger charge is -2.12. The van der Waals surface area contributed by atoms with Gasteiger partial charge in [0, 0.05) is 10.5 Å². The maximum Gasteiger partial charge on any atom is 0.306 e. The van der Waals surface area contributed by atoms with Crippen LogP contribution in [0.15, 0.2) is 22.7 Å². The second kappa shape index (κ2) is 5.69. The Morgan fingerprint density at radius 3 is 2.68 bits per heavy atom. The van der Waals surface area contributed by atoms with E-state index in [0.717, 1.165) is 0 Å². The van der Waals surface area contributed by atoms with E-state index in [2.05, 4.69) is 21.2 Å². The molecule has 19 heavy (non-hydrogen) atoms. The highest BCUT2D eigenvalue weighted by molar-refractivity contribution is 9.10. The first-order chi connectivity index (χ1) is 8.97.